The Morgan fingerprint density at radius 1 is 1.25 bits per heavy atom. The molecule has 0 radical (unpaired) electrons. The lowest BCUT2D eigenvalue weighted by atomic mass is 9.92. The molecule has 1 aliphatic rings. The highest BCUT2D eigenvalue weighted by atomic mass is 16.5. The van der Waals surface area contributed by atoms with E-state index in [1.807, 2.05) is 0 Å². The molecule has 0 bridgehead atoms. The predicted molar refractivity (Wildman–Crippen MR) is 85.0 cm³/mol. The lowest BCUT2D eigenvalue weighted by Crippen LogP contribution is -2.40. The molecule has 1 aliphatic heterocycles. The molecular weight excluding hydrogens is 246 g/mol. The maximum atomic E-state index is 5.83. The van der Waals surface area contributed by atoms with Gasteiger partial charge in [0.05, 0.1) is 6.10 Å². The zero-order valence-corrected chi connectivity index (χ0v) is 13.2. The topological polar surface area (TPSA) is 21.3 Å². The van der Waals surface area contributed by atoms with Crippen molar-refractivity contribution in [2.24, 2.45) is 5.92 Å². The molecule has 1 saturated heterocycles. The fourth-order valence-corrected chi connectivity index (χ4v) is 2.84. The molecule has 2 atom stereocenters. The van der Waals surface area contributed by atoms with Gasteiger partial charge in [-0.25, -0.2) is 0 Å². The van der Waals surface area contributed by atoms with Gasteiger partial charge in [0.25, 0.3) is 0 Å². The Hall–Kier alpha value is -0.860. The van der Waals surface area contributed by atoms with Crippen molar-refractivity contribution in [3.05, 3.63) is 35.9 Å². The SMILES string of the molecule is CC(C)(C)NCC(Cc1ccccc1)CC1CCCO1. The number of hydrogen-bond donors (Lipinski definition) is 1. The lowest BCUT2D eigenvalue weighted by molar-refractivity contribution is 0.0882. The monoisotopic (exact) mass is 275 g/mol. The fourth-order valence-electron chi connectivity index (χ4n) is 2.84. The number of nitrogens with one attached hydrogen (secondary N) is 1. The van der Waals surface area contributed by atoms with Gasteiger partial charge in [-0.3, -0.25) is 0 Å². The van der Waals surface area contributed by atoms with Gasteiger partial charge >= 0.3 is 0 Å². The Morgan fingerprint density at radius 3 is 2.60 bits per heavy atom. The summed E-state index contributed by atoms with van der Waals surface area (Å²) < 4.78 is 5.83. The fraction of sp³-hybridized carbons (Fsp3) is 0.667. The second-order valence-electron chi connectivity index (χ2n) is 7.06. The third kappa shape index (κ3) is 5.64. The Balaban J connectivity index is 1.91. The van der Waals surface area contributed by atoms with Crippen molar-refractivity contribution in [2.75, 3.05) is 13.2 Å². The van der Waals surface area contributed by atoms with Crippen LogP contribution in [0, 0.1) is 5.92 Å². The molecule has 0 aromatic heterocycles. The highest BCUT2D eigenvalue weighted by Gasteiger charge is 2.22. The van der Waals surface area contributed by atoms with Crippen LogP contribution in [0.4, 0.5) is 0 Å². The standard InChI is InChI=1S/C18H29NO/c1-18(2,3)19-14-16(13-17-10-7-11-20-17)12-15-8-5-4-6-9-15/h4-6,8-9,16-17,19H,7,10-14H2,1-3H3. The Labute approximate surface area is 123 Å². The molecule has 2 unspecified atom stereocenters. The summed E-state index contributed by atoms with van der Waals surface area (Å²) in [5.41, 5.74) is 1.62. The number of hydrogen-bond acceptors (Lipinski definition) is 2. The molecule has 1 aromatic rings. The van der Waals surface area contributed by atoms with E-state index in [0.717, 1.165) is 19.6 Å². The van der Waals surface area contributed by atoms with E-state index in [2.05, 4.69) is 56.4 Å². The molecule has 2 heteroatoms. The first-order valence-electron chi connectivity index (χ1n) is 7.93. The van der Waals surface area contributed by atoms with Gasteiger partial charge in [0.15, 0.2) is 0 Å². The average molecular weight is 275 g/mol. The third-order valence-corrected chi connectivity index (χ3v) is 3.91. The number of rotatable bonds is 6. The summed E-state index contributed by atoms with van der Waals surface area (Å²) in [4.78, 5) is 0. The van der Waals surface area contributed by atoms with Gasteiger partial charge in [0.1, 0.15) is 0 Å². The molecule has 2 nitrogen and oxygen atoms in total. The van der Waals surface area contributed by atoms with Gasteiger partial charge in [0.2, 0.25) is 0 Å². The number of ether oxygens (including phenoxy) is 1. The van der Waals surface area contributed by atoms with Gasteiger partial charge in [0, 0.05) is 12.1 Å². The molecule has 112 valence electrons. The van der Waals surface area contributed by atoms with Crippen LogP contribution in [0.3, 0.4) is 0 Å². The maximum Gasteiger partial charge on any atom is 0.0579 e. The molecular formula is C18H29NO. The van der Waals surface area contributed by atoms with Crippen molar-refractivity contribution in [3.63, 3.8) is 0 Å². The summed E-state index contributed by atoms with van der Waals surface area (Å²) in [6.07, 6.45) is 5.27. The molecule has 1 heterocycles. The maximum absolute atomic E-state index is 5.83. The van der Waals surface area contributed by atoms with Crippen LogP contribution >= 0.6 is 0 Å². The highest BCUT2D eigenvalue weighted by Crippen LogP contribution is 2.22. The molecule has 1 aromatic carbocycles. The molecule has 0 spiro atoms. The van der Waals surface area contributed by atoms with Crippen LogP contribution in [0.5, 0.6) is 0 Å². The average Bonchev–Trinajstić information content (AvgIpc) is 2.89. The third-order valence-electron chi connectivity index (χ3n) is 3.91. The minimum absolute atomic E-state index is 0.186. The minimum atomic E-state index is 0.186. The normalized spacial score (nSPS) is 21.1. The van der Waals surface area contributed by atoms with Gasteiger partial charge < -0.3 is 10.1 Å². The summed E-state index contributed by atoms with van der Waals surface area (Å²) in [6.45, 7) is 8.73. The first kappa shape index (κ1) is 15.5. The van der Waals surface area contributed by atoms with E-state index in [-0.39, 0.29) is 5.54 Å². The van der Waals surface area contributed by atoms with E-state index in [1.165, 1.54) is 24.8 Å². The second-order valence-corrected chi connectivity index (χ2v) is 7.06. The quantitative estimate of drug-likeness (QED) is 0.852. The van der Waals surface area contributed by atoms with Crippen LogP contribution in [0.15, 0.2) is 30.3 Å². The molecule has 0 aliphatic carbocycles. The molecule has 20 heavy (non-hydrogen) atoms. The van der Waals surface area contributed by atoms with E-state index in [4.69, 9.17) is 4.74 Å². The first-order chi connectivity index (χ1) is 9.53. The van der Waals surface area contributed by atoms with E-state index in [1.54, 1.807) is 0 Å². The summed E-state index contributed by atoms with van der Waals surface area (Å²) in [5, 5.41) is 3.66. The van der Waals surface area contributed by atoms with Crippen molar-refractivity contribution in [2.45, 2.75) is 58.1 Å². The van der Waals surface area contributed by atoms with Crippen LogP contribution < -0.4 is 5.32 Å². The minimum Gasteiger partial charge on any atom is -0.378 e. The van der Waals surface area contributed by atoms with Crippen LogP contribution in [0.1, 0.15) is 45.6 Å². The van der Waals surface area contributed by atoms with Crippen molar-refractivity contribution >= 4 is 0 Å². The van der Waals surface area contributed by atoms with Crippen molar-refractivity contribution < 1.29 is 4.74 Å². The van der Waals surface area contributed by atoms with Gasteiger partial charge in [-0.1, -0.05) is 30.3 Å². The van der Waals surface area contributed by atoms with Crippen LogP contribution in [-0.2, 0) is 11.2 Å². The Morgan fingerprint density at radius 2 is 2.00 bits per heavy atom. The zero-order valence-electron chi connectivity index (χ0n) is 13.2. The zero-order chi connectivity index (χ0) is 14.4. The summed E-state index contributed by atoms with van der Waals surface area (Å²) >= 11 is 0. The van der Waals surface area contributed by atoms with E-state index in [0.29, 0.717) is 12.0 Å². The highest BCUT2D eigenvalue weighted by molar-refractivity contribution is 5.15. The summed E-state index contributed by atoms with van der Waals surface area (Å²) in [5.74, 6) is 0.653. The first-order valence-corrected chi connectivity index (χ1v) is 7.93. The van der Waals surface area contributed by atoms with Crippen LogP contribution in [0.2, 0.25) is 0 Å². The van der Waals surface area contributed by atoms with E-state index >= 15 is 0 Å². The molecule has 0 amide bonds. The van der Waals surface area contributed by atoms with Crippen molar-refractivity contribution in [1.82, 2.24) is 5.32 Å². The van der Waals surface area contributed by atoms with Gasteiger partial charge in [-0.15, -0.1) is 0 Å². The Kier molecular flexibility index (Phi) is 5.62. The second kappa shape index (κ2) is 7.24. The summed E-state index contributed by atoms with van der Waals surface area (Å²) in [6, 6.07) is 10.8. The van der Waals surface area contributed by atoms with Crippen LogP contribution in [0.25, 0.3) is 0 Å². The van der Waals surface area contributed by atoms with E-state index in [9.17, 15) is 0 Å². The summed E-state index contributed by atoms with van der Waals surface area (Å²) in [7, 11) is 0. The molecule has 1 fully saturated rings. The predicted octanol–water partition coefficient (Wildman–Crippen LogP) is 3.80. The van der Waals surface area contributed by atoms with Gasteiger partial charge in [-0.2, -0.15) is 0 Å². The van der Waals surface area contributed by atoms with Crippen molar-refractivity contribution in [3.8, 4) is 0 Å². The largest absolute Gasteiger partial charge is 0.378 e. The van der Waals surface area contributed by atoms with Crippen LogP contribution in [-0.4, -0.2) is 24.8 Å². The Bertz CT molecular complexity index is 376. The molecule has 2 rings (SSSR count). The lowest BCUT2D eigenvalue weighted by Gasteiger charge is -2.27. The molecule has 0 saturated carbocycles. The van der Waals surface area contributed by atoms with Gasteiger partial charge in [-0.05, 0) is 64.5 Å². The van der Waals surface area contributed by atoms with E-state index < -0.39 is 0 Å². The van der Waals surface area contributed by atoms with Crippen molar-refractivity contribution in [1.29, 1.82) is 0 Å². The number of benzene rings is 1. The smallest absolute Gasteiger partial charge is 0.0579 e. The molecule has 1 N–H and O–H groups in total.